The smallest absolute Gasteiger partial charge is 0.238 e. The number of anilines is 1. The Bertz CT molecular complexity index is 461. The fraction of sp³-hybridized carbons (Fsp3) is 0.533. The van der Waals surface area contributed by atoms with E-state index in [-0.39, 0.29) is 18.1 Å². The van der Waals surface area contributed by atoms with Crippen LogP contribution in [0.15, 0.2) is 18.2 Å². The third-order valence-corrected chi connectivity index (χ3v) is 3.08. The van der Waals surface area contributed by atoms with E-state index in [1.54, 1.807) is 12.1 Å². The molecular weight excluding hydrogens is 276 g/mol. The van der Waals surface area contributed by atoms with Gasteiger partial charge in [-0.25, -0.2) is 0 Å². The van der Waals surface area contributed by atoms with Crippen molar-refractivity contribution in [3.63, 3.8) is 0 Å². The van der Waals surface area contributed by atoms with Crippen molar-refractivity contribution in [2.24, 2.45) is 0 Å². The number of aryl methyl sites for hydroxylation is 1. The Morgan fingerprint density at radius 1 is 1.40 bits per heavy atom. The summed E-state index contributed by atoms with van der Waals surface area (Å²) in [5.74, 6) is -0.0948. The maximum absolute atomic E-state index is 11.9. The van der Waals surface area contributed by atoms with E-state index in [0.29, 0.717) is 18.2 Å². The molecule has 5 heteroatoms. The van der Waals surface area contributed by atoms with Gasteiger partial charge in [-0.2, -0.15) is 0 Å². The zero-order valence-corrected chi connectivity index (χ0v) is 13.3. The van der Waals surface area contributed by atoms with Crippen molar-refractivity contribution in [3.05, 3.63) is 28.8 Å². The second-order valence-corrected chi connectivity index (χ2v) is 5.74. The normalized spacial score (nSPS) is 11.4. The minimum Gasteiger partial charge on any atom is -0.375 e. The molecule has 0 aliphatic heterocycles. The molecule has 0 atom stereocenters. The molecule has 112 valence electrons. The van der Waals surface area contributed by atoms with Crippen LogP contribution in [0.3, 0.4) is 0 Å². The Balaban J connectivity index is 2.43. The second kappa shape index (κ2) is 7.62. The van der Waals surface area contributed by atoms with Gasteiger partial charge in [-0.15, -0.1) is 0 Å². The number of nitrogens with one attached hydrogen (secondary N) is 2. The van der Waals surface area contributed by atoms with Crippen molar-refractivity contribution >= 4 is 23.2 Å². The van der Waals surface area contributed by atoms with Crippen LogP contribution in [0.5, 0.6) is 0 Å². The van der Waals surface area contributed by atoms with Gasteiger partial charge in [0, 0.05) is 23.9 Å². The number of hydrogen-bond acceptors (Lipinski definition) is 3. The summed E-state index contributed by atoms with van der Waals surface area (Å²) >= 11 is 5.92. The summed E-state index contributed by atoms with van der Waals surface area (Å²) in [5.41, 5.74) is 1.45. The molecule has 0 unspecified atom stereocenters. The molecule has 20 heavy (non-hydrogen) atoms. The molecule has 0 fully saturated rings. The molecule has 0 saturated carbocycles. The molecule has 0 radical (unpaired) electrons. The van der Waals surface area contributed by atoms with Gasteiger partial charge in [-0.05, 0) is 45.4 Å². The highest BCUT2D eigenvalue weighted by atomic mass is 35.5. The lowest BCUT2D eigenvalue weighted by Gasteiger charge is -2.24. The van der Waals surface area contributed by atoms with Gasteiger partial charge in [0.2, 0.25) is 5.91 Å². The number of amides is 1. The molecular formula is C15H23ClN2O2. The number of halogens is 1. The van der Waals surface area contributed by atoms with Gasteiger partial charge in [-0.1, -0.05) is 17.7 Å². The Morgan fingerprint density at radius 2 is 2.10 bits per heavy atom. The average Bonchev–Trinajstić information content (AvgIpc) is 2.33. The highest BCUT2D eigenvalue weighted by Gasteiger charge is 2.17. The van der Waals surface area contributed by atoms with Crippen molar-refractivity contribution in [2.45, 2.75) is 33.3 Å². The highest BCUT2D eigenvalue weighted by Crippen LogP contribution is 2.19. The van der Waals surface area contributed by atoms with E-state index in [4.69, 9.17) is 16.3 Å². The number of rotatable bonds is 7. The molecule has 0 bridgehead atoms. The summed E-state index contributed by atoms with van der Waals surface area (Å²) in [5, 5.41) is 6.54. The molecule has 0 aromatic heterocycles. The molecule has 1 amide bonds. The van der Waals surface area contributed by atoms with Gasteiger partial charge < -0.3 is 15.4 Å². The summed E-state index contributed by atoms with van der Waals surface area (Å²) in [4.78, 5) is 11.9. The zero-order valence-electron chi connectivity index (χ0n) is 12.5. The number of carbonyl (C=O) groups is 1. The summed E-state index contributed by atoms with van der Waals surface area (Å²) in [6.07, 6.45) is 0. The van der Waals surface area contributed by atoms with E-state index in [9.17, 15) is 4.79 Å². The molecule has 4 nitrogen and oxygen atoms in total. The molecule has 1 aromatic carbocycles. The van der Waals surface area contributed by atoms with E-state index in [1.807, 2.05) is 33.8 Å². The third-order valence-electron chi connectivity index (χ3n) is 2.85. The van der Waals surface area contributed by atoms with Gasteiger partial charge in [0.05, 0.1) is 12.1 Å². The standard InChI is InChI=1S/C15H23ClN2O2/c1-5-20-15(3,4)10-17-9-14(19)18-13-8-12(16)7-6-11(13)2/h6-8,17H,5,9-10H2,1-4H3,(H,18,19). The number of benzene rings is 1. The topological polar surface area (TPSA) is 50.4 Å². The van der Waals surface area contributed by atoms with Crippen molar-refractivity contribution in [2.75, 3.05) is 25.0 Å². The maximum atomic E-state index is 11.9. The zero-order chi connectivity index (χ0) is 15.2. The van der Waals surface area contributed by atoms with Crippen LogP contribution in [0.4, 0.5) is 5.69 Å². The summed E-state index contributed by atoms with van der Waals surface area (Å²) in [7, 11) is 0. The van der Waals surface area contributed by atoms with E-state index >= 15 is 0 Å². The SMILES string of the molecule is CCOC(C)(C)CNCC(=O)Nc1cc(Cl)ccc1C. The van der Waals surface area contributed by atoms with E-state index in [1.165, 1.54) is 0 Å². The highest BCUT2D eigenvalue weighted by molar-refractivity contribution is 6.31. The number of hydrogen-bond donors (Lipinski definition) is 2. The Hall–Kier alpha value is -1.10. The molecule has 0 aliphatic carbocycles. The number of ether oxygens (including phenoxy) is 1. The van der Waals surface area contributed by atoms with E-state index in [2.05, 4.69) is 10.6 Å². The molecule has 1 rings (SSSR count). The van der Waals surface area contributed by atoms with Crippen molar-refractivity contribution in [3.8, 4) is 0 Å². The fourth-order valence-corrected chi connectivity index (χ4v) is 2.01. The average molecular weight is 299 g/mol. The third kappa shape index (κ3) is 5.90. The lowest BCUT2D eigenvalue weighted by molar-refractivity contribution is -0.115. The monoisotopic (exact) mass is 298 g/mol. The van der Waals surface area contributed by atoms with Crippen LogP contribution < -0.4 is 10.6 Å². The largest absolute Gasteiger partial charge is 0.375 e. The van der Waals surface area contributed by atoms with Crippen molar-refractivity contribution in [1.82, 2.24) is 5.32 Å². The van der Waals surface area contributed by atoms with Crippen LogP contribution in [-0.4, -0.2) is 31.2 Å². The van der Waals surface area contributed by atoms with Crippen LogP contribution in [0.1, 0.15) is 26.3 Å². The second-order valence-electron chi connectivity index (χ2n) is 5.30. The molecule has 0 saturated heterocycles. The first-order valence-electron chi connectivity index (χ1n) is 6.75. The van der Waals surface area contributed by atoms with Crippen LogP contribution in [0.25, 0.3) is 0 Å². The van der Waals surface area contributed by atoms with E-state index < -0.39 is 0 Å². The number of carbonyl (C=O) groups excluding carboxylic acids is 1. The van der Waals surface area contributed by atoms with Crippen LogP contribution in [0.2, 0.25) is 5.02 Å². The molecule has 2 N–H and O–H groups in total. The molecule has 0 spiro atoms. The predicted octanol–water partition coefficient (Wildman–Crippen LogP) is 2.99. The quantitative estimate of drug-likeness (QED) is 0.813. The van der Waals surface area contributed by atoms with Gasteiger partial charge >= 0.3 is 0 Å². The van der Waals surface area contributed by atoms with Gasteiger partial charge in [-0.3, -0.25) is 4.79 Å². The first-order chi connectivity index (χ1) is 9.34. The van der Waals surface area contributed by atoms with Crippen molar-refractivity contribution in [1.29, 1.82) is 0 Å². The summed E-state index contributed by atoms with van der Waals surface area (Å²) in [6, 6.07) is 5.43. The Kier molecular flexibility index (Phi) is 6.46. The van der Waals surface area contributed by atoms with Crippen molar-refractivity contribution < 1.29 is 9.53 Å². The van der Waals surface area contributed by atoms with Crippen LogP contribution in [-0.2, 0) is 9.53 Å². The lowest BCUT2D eigenvalue weighted by Crippen LogP contribution is -2.40. The first-order valence-corrected chi connectivity index (χ1v) is 7.12. The predicted molar refractivity (Wildman–Crippen MR) is 83.4 cm³/mol. The Labute approximate surface area is 125 Å². The van der Waals surface area contributed by atoms with Crippen LogP contribution >= 0.6 is 11.6 Å². The summed E-state index contributed by atoms with van der Waals surface area (Å²) < 4.78 is 5.55. The minimum absolute atomic E-state index is 0.0948. The summed E-state index contributed by atoms with van der Waals surface area (Å²) in [6.45, 7) is 9.37. The maximum Gasteiger partial charge on any atom is 0.238 e. The van der Waals surface area contributed by atoms with Gasteiger partial charge in [0.25, 0.3) is 0 Å². The molecule has 0 aliphatic rings. The molecule has 0 heterocycles. The van der Waals surface area contributed by atoms with E-state index in [0.717, 1.165) is 11.3 Å². The Morgan fingerprint density at radius 3 is 2.75 bits per heavy atom. The minimum atomic E-state index is -0.277. The lowest BCUT2D eigenvalue weighted by atomic mass is 10.1. The van der Waals surface area contributed by atoms with Gasteiger partial charge in [0.15, 0.2) is 0 Å². The fourth-order valence-electron chi connectivity index (χ4n) is 1.84. The van der Waals surface area contributed by atoms with Gasteiger partial charge in [0.1, 0.15) is 0 Å². The molecule has 1 aromatic rings. The van der Waals surface area contributed by atoms with Crippen LogP contribution in [0, 0.1) is 6.92 Å². The first kappa shape index (κ1) is 17.0.